The molecule has 1 aromatic heterocycles. The van der Waals surface area contributed by atoms with Crippen molar-refractivity contribution in [2.24, 2.45) is 0 Å². The molecule has 2 heterocycles. The number of piperazine rings is 1. The van der Waals surface area contributed by atoms with Gasteiger partial charge in [0.25, 0.3) is 5.91 Å². The van der Waals surface area contributed by atoms with Gasteiger partial charge in [-0.05, 0) is 52.3 Å². The number of aromatic nitrogens is 1. The summed E-state index contributed by atoms with van der Waals surface area (Å²) in [7, 11) is 1.68. The van der Waals surface area contributed by atoms with Gasteiger partial charge in [0.1, 0.15) is 11.6 Å². The lowest BCUT2D eigenvalue weighted by Gasteiger charge is -2.34. The number of carbonyl (C=O) groups is 2. The zero-order chi connectivity index (χ0) is 23.1. The van der Waals surface area contributed by atoms with Crippen molar-refractivity contribution in [2.45, 2.75) is 46.7 Å². The van der Waals surface area contributed by atoms with Crippen LogP contribution in [0.5, 0.6) is 0 Å². The number of nitriles is 1. The molecule has 1 atom stereocenters. The average molecular weight is 430 g/mol. The maximum absolute atomic E-state index is 13.0. The van der Waals surface area contributed by atoms with Crippen LogP contribution >= 0.6 is 0 Å². The number of ether oxygens (including phenoxy) is 1. The van der Waals surface area contributed by atoms with Gasteiger partial charge in [-0.3, -0.25) is 14.5 Å². The Labute approximate surface area is 185 Å². The number of aryl methyl sites for hydroxylation is 1. The molecule has 8 nitrogen and oxygen atoms in total. The first-order valence-electron chi connectivity index (χ1n) is 10.8. The van der Waals surface area contributed by atoms with Gasteiger partial charge in [-0.1, -0.05) is 0 Å². The first-order valence-corrected chi connectivity index (χ1v) is 10.8. The molecule has 0 aliphatic carbocycles. The Bertz CT molecular complexity index is 857. The van der Waals surface area contributed by atoms with Crippen molar-refractivity contribution in [3.8, 4) is 6.07 Å². The number of hydrogen-bond acceptors (Lipinski definition) is 5. The normalized spacial score (nSPS) is 16.3. The Morgan fingerprint density at radius 1 is 1.23 bits per heavy atom. The molecule has 0 aromatic carbocycles. The van der Waals surface area contributed by atoms with E-state index in [4.69, 9.17) is 4.74 Å². The van der Waals surface area contributed by atoms with E-state index >= 15 is 0 Å². The topological polar surface area (TPSA) is 90.6 Å². The fraction of sp³-hybridized carbons (Fsp3) is 0.609. The van der Waals surface area contributed by atoms with Crippen LogP contribution < -0.4 is 5.32 Å². The zero-order valence-electron chi connectivity index (χ0n) is 19.6. The van der Waals surface area contributed by atoms with Crippen molar-refractivity contribution >= 4 is 17.9 Å². The predicted octanol–water partition coefficient (Wildman–Crippen LogP) is 1.89. The van der Waals surface area contributed by atoms with Gasteiger partial charge in [0.2, 0.25) is 5.91 Å². The Balaban J connectivity index is 2.07. The molecular formula is C23H35N5O3. The summed E-state index contributed by atoms with van der Waals surface area (Å²) in [4.78, 5) is 28.6. The summed E-state index contributed by atoms with van der Waals surface area (Å²) in [6.07, 6.45) is 1.68. The van der Waals surface area contributed by atoms with E-state index < -0.39 is 0 Å². The van der Waals surface area contributed by atoms with Crippen molar-refractivity contribution in [2.75, 3.05) is 46.4 Å². The molecule has 1 aromatic rings. The Morgan fingerprint density at radius 2 is 1.87 bits per heavy atom. The largest absolute Gasteiger partial charge is 0.383 e. The molecule has 31 heavy (non-hydrogen) atoms. The van der Waals surface area contributed by atoms with E-state index in [1.807, 2.05) is 38.7 Å². The molecule has 0 saturated carbocycles. The summed E-state index contributed by atoms with van der Waals surface area (Å²) in [5, 5.41) is 12.5. The van der Waals surface area contributed by atoms with E-state index in [-0.39, 0.29) is 29.5 Å². The molecule has 1 aliphatic rings. The minimum absolute atomic E-state index is 0.00885. The number of nitrogens with zero attached hydrogens (tertiary/aromatic N) is 4. The van der Waals surface area contributed by atoms with Gasteiger partial charge < -0.3 is 19.5 Å². The number of rotatable bonds is 8. The zero-order valence-corrected chi connectivity index (χ0v) is 19.6. The molecule has 1 saturated heterocycles. The van der Waals surface area contributed by atoms with Crippen LogP contribution in [0, 0.1) is 25.2 Å². The quantitative estimate of drug-likeness (QED) is 0.503. The molecule has 170 valence electrons. The molecule has 2 rings (SSSR count). The van der Waals surface area contributed by atoms with E-state index in [1.165, 1.54) is 0 Å². The van der Waals surface area contributed by atoms with Crippen molar-refractivity contribution in [1.82, 2.24) is 19.7 Å². The highest BCUT2D eigenvalue weighted by atomic mass is 16.5. The molecule has 1 fully saturated rings. The van der Waals surface area contributed by atoms with Gasteiger partial charge in [0.15, 0.2) is 0 Å². The van der Waals surface area contributed by atoms with Gasteiger partial charge in [0, 0.05) is 50.7 Å². The highest BCUT2D eigenvalue weighted by molar-refractivity contribution is 6.01. The third-order valence-electron chi connectivity index (χ3n) is 5.50. The molecule has 1 aliphatic heterocycles. The Hall–Kier alpha value is -2.63. The molecule has 2 amide bonds. The monoisotopic (exact) mass is 429 g/mol. The highest BCUT2D eigenvalue weighted by Gasteiger charge is 2.25. The molecular weight excluding hydrogens is 394 g/mol. The van der Waals surface area contributed by atoms with Crippen LogP contribution in [0.25, 0.3) is 6.08 Å². The lowest BCUT2D eigenvalue weighted by Crippen LogP contribution is -2.51. The lowest BCUT2D eigenvalue weighted by molar-refractivity contribution is -0.129. The Morgan fingerprint density at radius 3 is 2.42 bits per heavy atom. The number of hydrogen-bond donors (Lipinski definition) is 1. The van der Waals surface area contributed by atoms with Crippen molar-refractivity contribution in [1.29, 1.82) is 5.26 Å². The highest BCUT2D eigenvalue weighted by Crippen LogP contribution is 2.23. The van der Waals surface area contributed by atoms with E-state index in [0.717, 1.165) is 17.0 Å². The lowest BCUT2D eigenvalue weighted by atomic mass is 10.1. The third-order valence-corrected chi connectivity index (χ3v) is 5.50. The summed E-state index contributed by atoms with van der Waals surface area (Å²) in [5.74, 6) is -0.269. The van der Waals surface area contributed by atoms with E-state index in [0.29, 0.717) is 39.3 Å². The second-order valence-corrected chi connectivity index (χ2v) is 8.46. The third kappa shape index (κ3) is 6.42. The standard InChI is InChI=1S/C23H35N5O3/c1-16(2)25-22(29)14-26-7-9-27(10-8-26)23(30)21(13-24)12-20-11-17(3)28(19(20)5)18(4)15-31-6/h11-12,16,18H,7-10,14-15H2,1-6H3,(H,25,29)/b21-12-. The minimum atomic E-state index is -0.261. The summed E-state index contributed by atoms with van der Waals surface area (Å²) >= 11 is 0. The molecule has 0 radical (unpaired) electrons. The summed E-state index contributed by atoms with van der Waals surface area (Å²) < 4.78 is 7.43. The van der Waals surface area contributed by atoms with Gasteiger partial charge >= 0.3 is 0 Å². The summed E-state index contributed by atoms with van der Waals surface area (Å²) in [5.41, 5.74) is 3.06. The molecule has 1 unspecified atom stereocenters. The van der Waals surface area contributed by atoms with Gasteiger partial charge in [-0.15, -0.1) is 0 Å². The fourth-order valence-electron chi connectivity index (χ4n) is 4.09. The summed E-state index contributed by atoms with van der Waals surface area (Å²) in [6, 6.07) is 4.35. The van der Waals surface area contributed by atoms with Gasteiger partial charge in [-0.25, -0.2) is 0 Å². The maximum Gasteiger partial charge on any atom is 0.264 e. The first kappa shape index (κ1) is 24.6. The SMILES string of the molecule is COCC(C)n1c(C)cc(/C=C(/C#N)C(=O)N2CCN(CC(=O)NC(C)C)CC2)c1C. The summed E-state index contributed by atoms with van der Waals surface area (Å²) in [6.45, 7) is 13.1. The maximum atomic E-state index is 13.0. The van der Waals surface area contributed by atoms with E-state index in [1.54, 1.807) is 18.1 Å². The number of carbonyl (C=O) groups excluding carboxylic acids is 2. The molecule has 0 spiro atoms. The van der Waals surface area contributed by atoms with E-state index in [9.17, 15) is 14.9 Å². The van der Waals surface area contributed by atoms with Crippen molar-refractivity contribution in [3.63, 3.8) is 0 Å². The second kappa shape index (κ2) is 11.1. The van der Waals surface area contributed by atoms with Crippen molar-refractivity contribution in [3.05, 3.63) is 28.6 Å². The Kier molecular flexibility index (Phi) is 8.84. The average Bonchev–Trinajstić information content (AvgIpc) is 2.98. The molecule has 0 bridgehead atoms. The van der Waals surface area contributed by atoms with Gasteiger partial charge in [-0.2, -0.15) is 5.26 Å². The second-order valence-electron chi connectivity index (χ2n) is 8.46. The van der Waals surface area contributed by atoms with Crippen LogP contribution in [-0.4, -0.2) is 78.7 Å². The fourth-order valence-corrected chi connectivity index (χ4v) is 4.09. The number of amides is 2. The van der Waals surface area contributed by atoms with Crippen LogP contribution in [0.1, 0.15) is 43.8 Å². The van der Waals surface area contributed by atoms with Crippen LogP contribution in [0.2, 0.25) is 0 Å². The predicted molar refractivity (Wildman–Crippen MR) is 120 cm³/mol. The first-order chi connectivity index (χ1) is 14.7. The molecule has 1 N–H and O–H groups in total. The van der Waals surface area contributed by atoms with Crippen LogP contribution in [-0.2, 0) is 14.3 Å². The van der Waals surface area contributed by atoms with Crippen LogP contribution in [0.4, 0.5) is 0 Å². The van der Waals surface area contributed by atoms with Gasteiger partial charge in [0.05, 0.1) is 19.2 Å². The molecule has 8 heteroatoms. The number of nitrogens with one attached hydrogen (secondary N) is 1. The van der Waals surface area contributed by atoms with Crippen LogP contribution in [0.3, 0.4) is 0 Å². The van der Waals surface area contributed by atoms with E-state index in [2.05, 4.69) is 22.9 Å². The van der Waals surface area contributed by atoms with Crippen LogP contribution in [0.15, 0.2) is 11.6 Å². The minimum Gasteiger partial charge on any atom is -0.383 e. The van der Waals surface area contributed by atoms with Crippen molar-refractivity contribution < 1.29 is 14.3 Å². The smallest absolute Gasteiger partial charge is 0.264 e. The number of methoxy groups -OCH3 is 1.